The highest BCUT2D eigenvalue weighted by Gasteiger charge is 2.19. The topological polar surface area (TPSA) is 32.0 Å². The highest BCUT2D eigenvalue weighted by atomic mass is 15.1. The van der Waals surface area contributed by atoms with Gasteiger partial charge in [0.15, 0.2) is 0 Å². The molecule has 0 aliphatic rings. The number of nitriles is 1. The van der Waals surface area contributed by atoms with Crippen LogP contribution < -0.4 is 4.90 Å². The van der Waals surface area contributed by atoms with Gasteiger partial charge in [-0.25, -0.2) is 0 Å². The lowest BCUT2D eigenvalue weighted by Crippen LogP contribution is -2.09. The normalized spacial score (nSPS) is 11.0. The Morgan fingerprint density at radius 1 is 0.435 bits per heavy atom. The number of anilines is 3. The van der Waals surface area contributed by atoms with Crippen LogP contribution in [0, 0.1) is 11.3 Å². The fourth-order valence-corrected chi connectivity index (χ4v) is 6.52. The van der Waals surface area contributed by atoms with E-state index < -0.39 is 0 Å². The second-order valence-electron chi connectivity index (χ2n) is 11.4. The van der Waals surface area contributed by atoms with Gasteiger partial charge < -0.3 is 9.47 Å². The standard InChI is InChI=1S/C43H29N3/c44-30-31-26-33(32-14-4-1-5-15-32)28-34(27-31)38-20-10-12-22-41(38)46-42-23-13-11-21-39(42)40-29-37(24-25-43(40)46)45(35-16-6-2-7-17-35)36-18-8-3-9-19-36/h1-29H. The monoisotopic (exact) mass is 587 g/mol. The van der Waals surface area contributed by atoms with E-state index in [4.69, 9.17) is 0 Å². The molecule has 8 aromatic rings. The van der Waals surface area contributed by atoms with Crippen LogP contribution in [0.3, 0.4) is 0 Å². The van der Waals surface area contributed by atoms with Crippen LogP contribution >= 0.6 is 0 Å². The molecule has 7 aromatic carbocycles. The van der Waals surface area contributed by atoms with E-state index in [0.717, 1.165) is 56.0 Å². The lowest BCUT2D eigenvalue weighted by Gasteiger charge is -2.25. The third-order valence-corrected chi connectivity index (χ3v) is 8.57. The number of nitrogens with zero attached hydrogens (tertiary/aromatic N) is 3. The summed E-state index contributed by atoms with van der Waals surface area (Å²) in [5.41, 5.74) is 11.5. The summed E-state index contributed by atoms with van der Waals surface area (Å²) in [5.74, 6) is 0. The number of fused-ring (bicyclic) bond motifs is 3. The van der Waals surface area contributed by atoms with E-state index in [2.05, 4.69) is 161 Å². The molecule has 8 rings (SSSR count). The number of aromatic nitrogens is 1. The van der Waals surface area contributed by atoms with E-state index in [0.29, 0.717) is 5.56 Å². The molecular weight excluding hydrogens is 558 g/mol. The molecule has 0 saturated carbocycles. The lowest BCUT2D eigenvalue weighted by atomic mass is 9.95. The van der Waals surface area contributed by atoms with Crippen LogP contribution in [0.4, 0.5) is 17.1 Å². The Morgan fingerprint density at radius 2 is 1.02 bits per heavy atom. The summed E-state index contributed by atoms with van der Waals surface area (Å²) >= 11 is 0. The molecule has 0 unspecified atom stereocenters. The molecule has 216 valence electrons. The van der Waals surface area contributed by atoms with Gasteiger partial charge in [-0.2, -0.15) is 5.26 Å². The third kappa shape index (κ3) is 4.79. The Balaban J connectivity index is 1.35. The smallest absolute Gasteiger partial charge is 0.0992 e. The first-order chi connectivity index (χ1) is 22.8. The molecule has 1 heterocycles. The average molecular weight is 588 g/mol. The van der Waals surface area contributed by atoms with E-state index >= 15 is 0 Å². The molecular formula is C43H29N3. The maximum absolute atomic E-state index is 9.99. The molecule has 0 bridgehead atoms. The minimum atomic E-state index is 0.639. The molecule has 0 spiro atoms. The summed E-state index contributed by atoms with van der Waals surface area (Å²) in [7, 11) is 0. The molecule has 0 aliphatic heterocycles. The number of rotatable bonds is 6. The summed E-state index contributed by atoms with van der Waals surface area (Å²) < 4.78 is 2.36. The molecule has 0 N–H and O–H groups in total. The van der Waals surface area contributed by atoms with E-state index in [1.807, 2.05) is 30.3 Å². The van der Waals surface area contributed by atoms with Gasteiger partial charge >= 0.3 is 0 Å². The summed E-state index contributed by atoms with van der Waals surface area (Å²) in [6, 6.07) is 63.7. The Labute approximate surface area is 268 Å². The van der Waals surface area contributed by atoms with Gasteiger partial charge in [-0.15, -0.1) is 0 Å². The molecule has 1 aromatic heterocycles. The lowest BCUT2D eigenvalue weighted by molar-refractivity contribution is 1.18. The zero-order chi connectivity index (χ0) is 30.9. The van der Waals surface area contributed by atoms with Crippen molar-refractivity contribution in [3.63, 3.8) is 0 Å². The van der Waals surface area contributed by atoms with Crippen molar-refractivity contribution in [3.8, 4) is 34.0 Å². The van der Waals surface area contributed by atoms with Crippen molar-refractivity contribution in [1.29, 1.82) is 5.26 Å². The zero-order valence-electron chi connectivity index (χ0n) is 25.1. The number of para-hydroxylation sites is 4. The van der Waals surface area contributed by atoms with Crippen LogP contribution in [0.5, 0.6) is 0 Å². The quantitative estimate of drug-likeness (QED) is 0.194. The van der Waals surface area contributed by atoms with Crippen molar-refractivity contribution in [2.75, 3.05) is 4.90 Å². The van der Waals surface area contributed by atoms with Crippen LogP contribution in [0.1, 0.15) is 5.56 Å². The summed E-state index contributed by atoms with van der Waals surface area (Å²) in [4.78, 5) is 2.30. The predicted molar refractivity (Wildman–Crippen MR) is 191 cm³/mol. The van der Waals surface area contributed by atoms with Crippen LogP contribution in [0.15, 0.2) is 176 Å². The zero-order valence-corrected chi connectivity index (χ0v) is 25.1. The Kier molecular flexibility index (Phi) is 6.87. The first kappa shape index (κ1) is 27.2. The van der Waals surface area contributed by atoms with E-state index in [-0.39, 0.29) is 0 Å². The maximum Gasteiger partial charge on any atom is 0.0992 e. The van der Waals surface area contributed by atoms with Crippen molar-refractivity contribution < 1.29 is 0 Å². The second kappa shape index (κ2) is 11.6. The molecule has 46 heavy (non-hydrogen) atoms. The highest BCUT2D eigenvalue weighted by molar-refractivity contribution is 6.11. The maximum atomic E-state index is 9.99. The van der Waals surface area contributed by atoms with Gasteiger partial charge in [0.25, 0.3) is 0 Å². The fourth-order valence-electron chi connectivity index (χ4n) is 6.52. The molecule has 3 nitrogen and oxygen atoms in total. The third-order valence-electron chi connectivity index (χ3n) is 8.57. The molecule has 0 fully saturated rings. The Bertz CT molecular complexity index is 2330. The van der Waals surface area contributed by atoms with E-state index in [1.54, 1.807) is 0 Å². The molecule has 0 amide bonds. The average Bonchev–Trinajstić information content (AvgIpc) is 3.46. The van der Waals surface area contributed by atoms with Gasteiger partial charge in [0.1, 0.15) is 0 Å². The van der Waals surface area contributed by atoms with Crippen LogP contribution in [0.25, 0.3) is 49.7 Å². The van der Waals surface area contributed by atoms with Gasteiger partial charge in [-0.3, -0.25) is 0 Å². The largest absolute Gasteiger partial charge is 0.310 e. The number of hydrogen-bond donors (Lipinski definition) is 0. The molecule has 0 radical (unpaired) electrons. The first-order valence-corrected chi connectivity index (χ1v) is 15.4. The van der Waals surface area contributed by atoms with Gasteiger partial charge in [0.05, 0.1) is 28.4 Å². The summed E-state index contributed by atoms with van der Waals surface area (Å²) in [6.45, 7) is 0. The van der Waals surface area contributed by atoms with Crippen molar-refractivity contribution >= 4 is 38.9 Å². The van der Waals surface area contributed by atoms with Gasteiger partial charge in [0, 0.05) is 33.4 Å². The molecule has 0 atom stereocenters. The van der Waals surface area contributed by atoms with Crippen molar-refractivity contribution in [2.24, 2.45) is 0 Å². The van der Waals surface area contributed by atoms with Gasteiger partial charge in [-0.05, 0) is 89.5 Å². The van der Waals surface area contributed by atoms with Crippen molar-refractivity contribution in [1.82, 2.24) is 4.57 Å². The SMILES string of the molecule is N#Cc1cc(-c2ccccc2)cc(-c2ccccc2-n2c3ccccc3c3cc(N(c4ccccc4)c4ccccc4)ccc32)c1. The Hall–Kier alpha value is -6.37. The predicted octanol–water partition coefficient (Wildman–Crippen LogP) is 11.5. The van der Waals surface area contributed by atoms with Crippen molar-refractivity contribution in [2.45, 2.75) is 0 Å². The minimum Gasteiger partial charge on any atom is -0.310 e. The minimum absolute atomic E-state index is 0.639. The highest BCUT2D eigenvalue weighted by Crippen LogP contribution is 2.41. The fraction of sp³-hybridized carbons (Fsp3) is 0. The second-order valence-corrected chi connectivity index (χ2v) is 11.4. The number of hydrogen-bond acceptors (Lipinski definition) is 2. The van der Waals surface area contributed by atoms with Crippen LogP contribution in [0.2, 0.25) is 0 Å². The van der Waals surface area contributed by atoms with E-state index in [9.17, 15) is 5.26 Å². The van der Waals surface area contributed by atoms with Gasteiger partial charge in [-0.1, -0.05) is 103 Å². The van der Waals surface area contributed by atoms with Crippen LogP contribution in [-0.4, -0.2) is 4.57 Å². The molecule has 0 saturated heterocycles. The van der Waals surface area contributed by atoms with Crippen molar-refractivity contribution in [3.05, 3.63) is 181 Å². The van der Waals surface area contributed by atoms with Crippen LogP contribution in [-0.2, 0) is 0 Å². The molecule has 3 heteroatoms. The van der Waals surface area contributed by atoms with Gasteiger partial charge in [0.2, 0.25) is 0 Å². The summed E-state index contributed by atoms with van der Waals surface area (Å²) in [5, 5.41) is 12.4. The number of benzene rings is 7. The first-order valence-electron chi connectivity index (χ1n) is 15.4. The summed E-state index contributed by atoms with van der Waals surface area (Å²) in [6.07, 6.45) is 0. The van der Waals surface area contributed by atoms with E-state index in [1.165, 1.54) is 10.8 Å². The molecule has 0 aliphatic carbocycles. The Morgan fingerprint density at radius 3 is 1.74 bits per heavy atom.